The monoisotopic (exact) mass is 304 g/mol. The summed E-state index contributed by atoms with van der Waals surface area (Å²) in [5.41, 5.74) is 8.18. The maximum absolute atomic E-state index is 13.9. The maximum Gasteiger partial charge on any atom is 0.129 e. The molecule has 1 saturated heterocycles. The molecule has 0 aliphatic carbocycles. The van der Waals surface area contributed by atoms with Crippen LogP contribution in [0.4, 0.5) is 4.39 Å². The van der Waals surface area contributed by atoms with Gasteiger partial charge in [0.1, 0.15) is 5.82 Å². The van der Waals surface area contributed by atoms with E-state index in [-0.39, 0.29) is 11.9 Å². The minimum Gasteiger partial charge on any atom is -0.326 e. The fourth-order valence-corrected chi connectivity index (χ4v) is 3.15. The van der Waals surface area contributed by atoms with Crippen molar-refractivity contribution in [2.24, 2.45) is 5.73 Å². The van der Waals surface area contributed by atoms with Crippen molar-refractivity contribution >= 4 is 11.6 Å². The molecule has 1 aliphatic heterocycles. The van der Waals surface area contributed by atoms with Gasteiger partial charge in [0.25, 0.3) is 0 Å². The van der Waals surface area contributed by atoms with Crippen LogP contribution in [-0.4, -0.2) is 24.0 Å². The zero-order valence-corrected chi connectivity index (χ0v) is 12.4. The molecule has 3 rings (SSSR count). The Balaban J connectivity index is 1.71. The van der Waals surface area contributed by atoms with E-state index >= 15 is 0 Å². The van der Waals surface area contributed by atoms with Crippen molar-refractivity contribution in [2.75, 3.05) is 13.1 Å². The van der Waals surface area contributed by atoms with Gasteiger partial charge in [-0.1, -0.05) is 48.0 Å². The summed E-state index contributed by atoms with van der Waals surface area (Å²) in [6.07, 6.45) is 0. The van der Waals surface area contributed by atoms with Gasteiger partial charge in [0.05, 0.1) is 0 Å². The van der Waals surface area contributed by atoms with Crippen LogP contribution in [0, 0.1) is 5.82 Å². The van der Waals surface area contributed by atoms with Crippen LogP contribution in [-0.2, 0) is 6.54 Å². The molecule has 1 fully saturated rings. The smallest absolute Gasteiger partial charge is 0.129 e. The van der Waals surface area contributed by atoms with E-state index in [4.69, 9.17) is 17.3 Å². The Morgan fingerprint density at radius 3 is 2.62 bits per heavy atom. The Hall–Kier alpha value is -1.42. The molecule has 0 spiro atoms. The second kappa shape index (κ2) is 6.14. The maximum atomic E-state index is 13.9. The minimum absolute atomic E-state index is 0.0859. The summed E-state index contributed by atoms with van der Waals surface area (Å²) in [5, 5.41) is 0.427. The molecule has 1 aliphatic rings. The largest absolute Gasteiger partial charge is 0.326 e. The van der Waals surface area contributed by atoms with Crippen molar-refractivity contribution in [1.29, 1.82) is 0 Å². The standard InChI is InChI=1S/C17H18ClFN2/c18-14-7-6-13(16(19)8-14)9-21-10-15(17(20)11-21)12-4-2-1-3-5-12/h1-8,15,17H,9-11,20H2/t15-,17+/m0/s1. The summed E-state index contributed by atoms with van der Waals surface area (Å²) in [4.78, 5) is 2.20. The summed E-state index contributed by atoms with van der Waals surface area (Å²) in [5.74, 6) is 0.0563. The zero-order chi connectivity index (χ0) is 14.8. The minimum atomic E-state index is -0.251. The number of hydrogen-bond acceptors (Lipinski definition) is 2. The number of benzene rings is 2. The molecule has 21 heavy (non-hydrogen) atoms. The van der Waals surface area contributed by atoms with E-state index in [1.807, 2.05) is 18.2 Å². The number of likely N-dealkylation sites (tertiary alicyclic amines) is 1. The zero-order valence-electron chi connectivity index (χ0n) is 11.7. The van der Waals surface area contributed by atoms with Gasteiger partial charge in [0, 0.05) is 42.2 Å². The summed E-state index contributed by atoms with van der Waals surface area (Å²) >= 11 is 5.79. The molecule has 0 amide bonds. The number of hydrogen-bond donors (Lipinski definition) is 1. The van der Waals surface area contributed by atoms with Crippen LogP contribution in [0.2, 0.25) is 5.02 Å². The van der Waals surface area contributed by atoms with Crippen molar-refractivity contribution in [3.63, 3.8) is 0 Å². The second-order valence-corrected chi connectivity index (χ2v) is 6.05. The average molecular weight is 305 g/mol. The molecule has 1 heterocycles. The molecule has 2 aromatic rings. The summed E-state index contributed by atoms with van der Waals surface area (Å²) < 4.78 is 13.9. The van der Waals surface area contributed by atoms with Crippen molar-refractivity contribution in [3.05, 3.63) is 70.5 Å². The summed E-state index contributed by atoms with van der Waals surface area (Å²) in [6, 6.07) is 15.2. The van der Waals surface area contributed by atoms with Crippen molar-refractivity contribution in [3.8, 4) is 0 Å². The summed E-state index contributed by atoms with van der Waals surface area (Å²) in [6.45, 7) is 2.20. The van der Waals surface area contributed by atoms with Crippen LogP contribution >= 0.6 is 11.6 Å². The first-order valence-corrected chi connectivity index (χ1v) is 7.48. The number of nitrogens with two attached hydrogens (primary N) is 1. The number of nitrogens with zero attached hydrogens (tertiary/aromatic N) is 1. The van der Waals surface area contributed by atoms with Gasteiger partial charge >= 0.3 is 0 Å². The first kappa shape index (κ1) is 14.5. The highest BCUT2D eigenvalue weighted by atomic mass is 35.5. The highest BCUT2D eigenvalue weighted by Gasteiger charge is 2.31. The lowest BCUT2D eigenvalue weighted by Crippen LogP contribution is -2.28. The summed E-state index contributed by atoms with van der Waals surface area (Å²) in [7, 11) is 0. The third-order valence-corrected chi connectivity index (χ3v) is 4.31. The molecule has 110 valence electrons. The fourth-order valence-electron chi connectivity index (χ4n) is 2.99. The Bertz CT molecular complexity index is 617. The van der Waals surface area contributed by atoms with Gasteiger partial charge in [-0.05, 0) is 17.7 Å². The second-order valence-electron chi connectivity index (χ2n) is 5.61. The van der Waals surface area contributed by atoms with E-state index in [9.17, 15) is 4.39 Å². The van der Waals surface area contributed by atoms with E-state index in [1.165, 1.54) is 11.6 Å². The van der Waals surface area contributed by atoms with Crippen LogP contribution in [0.5, 0.6) is 0 Å². The number of halogens is 2. The highest BCUT2D eigenvalue weighted by molar-refractivity contribution is 6.30. The van der Waals surface area contributed by atoms with Gasteiger partial charge < -0.3 is 5.73 Å². The molecular formula is C17H18ClFN2. The third-order valence-electron chi connectivity index (χ3n) is 4.08. The molecule has 2 N–H and O–H groups in total. The normalized spacial score (nSPS) is 22.6. The quantitative estimate of drug-likeness (QED) is 0.941. The molecule has 0 bridgehead atoms. The van der Waals surface area contributed by atoms with Gasteiger partial charge in [0.15, 0.2) is 0 Å². The molecule has 0 unspecified atom stereocenters. The lowest BCUT2D eigenvalue weighted by atomic mass is 9.95. The van der Waals surface area contributed by atoms with E-state index in [1.54, 1.807) is 12.1 Å². The molecule has 2 aromatic carbocycles. The van der Waals surface area contributed by atoms with Gasteiger partial charge in [-0.3, -0.25) is 4.90 Å². The van der Waals surface area contributed by atoms with Crippen LogP contribution in [0.25, 0.3) is 0 Å². The highest BCUT2D eigenvalue weighted by Crippen LogP contribution is 2.28. The topological polar surface area (TPSA) is 29.3 Å². The molecular weight excluding hydrogens is 287 g/mol. The molecule has 0 aromatic heterocycles. The van der Waals surface area contributed by atoms with Crippen LogP contribution < -0.4 is 5.73 Å². The fraction of sp³-hybridized carbons (Fsp3) is 0.294. The van der Waals surface area contributed by atoms with Gasteiger partial charge in [-0.2, -0.15) is 0 Å². The first-order chi connectivity index (χ1) is 10.1. The predicted octanol–water partition coefficient (Wildman–Crippen LogP) is 3.41. The SMILES string of the molecule is N[C@@H]1CN(Cc2ccc(Cl)cc2F)C[C@H]1c1ccccc1. The first-order valence-electron chi connectivity index (χ1n) is 7.10. The molecule has 0 radical (unpaired) electrons. The molecule has 2 atom stereocenters. The van der Waals surface area contributed by atoms with Crippen molar-refractivity contribution in [2.45, 2.75) is 18.5 Å². The van der Waals surface area contributed by atoms with Gasteiger partial charge in [-0.15, -0.1) is 0 Å². The Kier molecular flexibility index (Phi) is 4.24. The van der Waals surface area contributed by atoms with Gasteiger partial charge in [-0.25, -0.2) is 4.39 Å². The van der Waals surface area contributed by atoms with E-state index in [0.717, 1.165) is 13.1 Å². The molecule has 2 nitrogen and oxygen atoms in total. The van der Waals surface area contributed by atoms with Crippen LogP contribution in [0.15, 0.2) is 48.5 Å². The Morgan fingerprint density at radius 2 is 1.90 bits per heavy atom. The van der Waals surface area contributed by atoms with E-state index in [0.29, 0.717) is 23.0 Å². The van der Waals surface area contributed by atoms with Crippen LogP contribution in [0.1, 0.15) is 17.0 Å². The predicted molar refractivity (Wildman–Crippen MR) is 83.8 cm³/mol. The van der Waals surface area contributed by atoms with E-state index < -0.39 is 0 Å². The van der Waals surface area contributed by atoms with Crippen LogP contribution in [0.3, 0.4) is 0 Å². The van der Waals surface area contributed by atoms with E-state index in [2.05, 4.69) is 17.0 Å². The Labute approximate surface area is 129 Å². The Morgan fingerprint density at radius 1 is 1.14 bits per heavy atom. The van der Waals surface area contributed by atoms with Gasteiger partial charge in [0.2, 0.25) is 0 Å². The lowest BCUT2D eigenvalue weighted by molar-refractivity contribution is 0.318. The average Bonchev–Trinajstić information content (AvgIpc) is 2.84. The van der Waals surface area contributed by atoms with Crippen molar-refractivity contribution in [1.82, 2.24) is 4.90 Å². The number of rotatable bonds is 3. The van der Waals surface area contributed by atoms with Crippen molar-refractivity contribution < 1.29 is 4.39 Å². The lowest BCUT2D eigenvalue weighted by Gasteiger charge is -2.16. The molecule has 0 saturated carbocycles. The third kappa shape index (κ3) is 3.26. The molecule has 4 heteroatoms.